The highest BCUT2D eigenvalue weighted by atomic mass is 16.5. The first-order valence-electron chi connectivity index (χ1n) is 7.54. The van der Waals surface area contributed by atoms with Crippen molar-refractivity contribution in [2.45, 2.75) is 40.0 Å². The minimum Gasteiger partial charge on any atom is -0.489 e. The Labute approximate surface area is 129 Å². The second-order valence-corrected chi connectivity index (χ2v) is 5.56. The first kappa shape index (κ1) is 14.6. The Morgan fingerprint density at radius 2 is 2.18 bits per heavy atom. The maximum Gasteiger partial charge on any atom is 0.274 e. The summed E-state index contributed by atoms with van der Waals surface area (Å²) in [7, 11) is 0. The van der Waals surface area contributed by atoms with Crippen molar-refractivity contribution in [2.24, 2.45) is 0 Å². The fourth-order valence-electron chi connectivity index (χ4n) is 2.77. The third kappa shape index (κ3) is 2.56. The van der Waals surface area contributed by atoms with Crippen LogP contribution in [0.15, 0.2) is 24.3 Å². The van der Waals surface area contributed by atoms with Crippen LogP contribution >= 0.6 is 0 Å². The zero-order valence-electron chi connectivity index (χ0n) is 13.1. The molecule has 0 radical (unpaired) electrons. The molecular weight excluding hydrogens is 280 g/mol. The second-order valence-electron chi connectivity index (χ2n) is 5.56. The zero-order chi connectivity index (χ0) is 15.7. The Balaban J connectivity index is 1.94. The molecule has 6 nitrogen and oxygen atoms in total. The first-order chi connectivity index (χ1) is 10.6. The molecule has 1 aliphatic rings. The van der Waals surface area contributed by atoms with E-state index in [1.54, 1.807) is 4.68 Å². The molecule has 1 unspecified atom stereocenters. The SMILES string of the molecule is CCn1nnc(C)c1C(=O)N1Cc2ccccc2OC(C)C1. The normalized spacial score (nSPS) is 17.6. The van der Waals surface area contributed by atoms with Crippen LogP contribution in [-0.2, 0) is 13.1 Å². The van der Waals surface area contributed by atoms with E-state index in [0.717, 1.165) is 11.3 Å². The molecule has 0 spiro atoms. The molecule has 0 saturated carbocycles. The number of fused-ring (bicyclic) bond motifs is 1. The number of aryl methyl sites for hydroxylation is 2. The summed E-state index contributed by atoms with van der Waals surface area (Å²) >= 11 is 0. The molecule has 1 atom stereocenters. The summed E-state index contributed by atoms with van der Waals surface area (Å²) in [6.45, 7) is 7.45. The third-order valence-electron chi connectivity index (χ3n) is 3.83. The van der Waals surface area contributed by atoms with E-state index in [-0.39, 0.29) is 12.0 Å². The van der Waals surface area contributed by atoms with Gasteiger partial charge in [-0.1, -0.05) is 23.4 Å². The number of nitrogens with zero attached hydrogens (tertiary/aromatic N) is 4. The minimum absolute atomic E-state index is 0.0449. The number of carbonyl (C=O) groups excluding carboxylic acids is 1. The summed E-state index contributed by atoms with van der Waals surface area (Å²) in [6, 6.07) is 7.85. The standard InChI is InChI=1S/C16H20N4O2/c1-4-20-15(12(3)17-18-20)16(21)19-9-11(2)22-14-8-6-5-7-13(14)10-19/h5-8,11H,4,9-10H2,1-3H3. The molecular formula is C16H20N4O2. The molecule has 0 fully saturated rings. The molecule has 0 bridgehead atoms. The number of ether oxygens (including phenoxy) is 1. The second kappa shape index (κ2) is 5.79. The van der Waals surface area contributed by atoms with E-state index in [9.17, 15) is 4.79 Å². The topological polar surface area (TPSA) is 60.2 Å². The highest BCUT2D eigenvalue weighted by Gasteiger charge is 2.28. The van der Waals surface area contributed by atoms with Crippen LogP contribution < -0.4 is 4.74 Å². The lowest BCUT2D eigenvalue weighted by molar-refractivity contribution is 0.0677. The van der Waals surface area contributed by atoms with E-state index in [1.165, 1.54) is 0 Å². The van der Waals surface area contributed by atoms with E-state index in [2.05, 4.69) is 10.3 Å². The lowest BCUT2D eigenvalue weighted by Crippen LogP contribution is -2.37. The van der Waals surface area contributed by atoms with E-state index in [4.69, 9.17) is 4.74 Å². The fourth-order valence-corrected chi connectivity index (χ4v) is 2.77. The molecule has 3 rings (SSSR count). The van der Waals surface area contributed by atoms with E-state index < -0.39 is 0 Å². The Morgan fingerprint density at radius 1 is 1.41 bits per heavy atom. The van der Waals surface area contributed by atoms with Crippen molar-refractivity contribution in [3.05, 3.63) is 41.2 Å². The van der Waals surface area contributed by atoms with Crippen LogP contribution in [0.5, 0.6) is 5.75 Å². The molecule has 1 amide bonds. The molecule has 2 heterocycles. The summed E-state index contributed by atoms with van der Waals surface area (Å²) in [5.74, 6) is 0.806. The van der Waals surface area contributed by atoms with Crippen LogP contribution in [-0.4, -0.2) is 38.4 Å². The minimum atomic E-state index is -0.0566. The fraction of sp³-hybridized carbons (Fsp3) is 0.438. The van der Waals surface area contributed by atoms with Gasteiger partial charge in [0.25, 0.3) is 5.91 Å². The van der Waals surface area contributed by atoms with Gasteiger partial charge >= 0.3 is 0 Å². The third-order valence-corrected chi connectivity index (χ3v) is 3.83. The van der Waals surface area contributed by atoms with Crippen LogP contribution in [0.25, 0.3) is 0 Å². The van der Waals surface area contributed by atoms with Crippen LogP contribution in [0.3, 0.4) is 0 Å². The van der Waals surface area contributed by atoms with Crippen molar-refractivity contribution < 1.29 is 9.53 Å². The smallest absolute Gasteiger partial charge is 0.274 e. The van der Waals surface area contributed by atoms with E-state index in [1.807, 2.05) is 49.9 Å². The largest absolute Gasteiger partial charge is 0.489 e. The number of carbonyl (C=O) groups is 1. The summed E-state index contributed by atoms with van der Waals surface area (Å²) < 4.78 is 7.56. The van der Waals surface area contributed by atoms with Crippen molar-refractivity contribution in [3.8, 4) is 5.75 Å². The van der Waals surface area contributed by atoms with Gasteiger partial charge in [-0.3, -0.25) is 4.79 Å². The number of amides is 1. The van der Waals surface area contributed by atoms with Gasteiger partial charge in [-0.25, -0.2) is 4.68 Å². The molecule has 0 N–H and O–H groups in total. The average molecular weight is 300 g/mol. The maximum atomic E-state index is 12.9. The molecule has 0 aliphatic carbocycles. The number of para-hydroxylation sites is 1. The molecule has 0 saturated heterocycles. The lowest BCUT2D eigenvalue weighted by atomic mass is 10.2. The Morgan fingerprint density at radius 3 is 2.95 bits per heavy atom. The molecule has 1 aromatic carbocycles. The predicted octanol–water partition coefficient (Wildman–Crippen LogP) is 2.03. The van der Waals surface area contributed by atoms with Gasteiger partial charge in [0.2, 0.25) is 0 Å². The van der Waals surface area contributed by atoms with Crippen molar-refractivity contribution in [1.82, 2.24) is 19.9 Å². The molecule has 22 heavy (non-hydrogen) atoms. The molecule has 1 aliphatic heterocycles. The number of aromatic nitrogens is 3. The number of hydrogen-bond acceptors (Lipinski definition) is 4. The highest BCUT2D eigenvalue weighted by Crippen LogP contribution is 2.25. The Hall–Kier alpha value is -2.37. The van der Waals surface area contributed by atoms with Gasteiger partial charge < -0.3 is 9.64 Å². The lowest BCUT2D eigenvalue weighted by Gasteiger charge is -2.22. The van der Waals surface area contributed by atoms with Gasteiger partial charge in [-0.05, 0) is 26.8 Å². The Kier molecular flexibility index (Phi) is 3.83. The molecule has 6 heteroatoms. The molecule has 2 aromatic rings. The zero-order valence-corrected chi connectivity index (χ0v) is 13.1. The number of rotatable bonds is 2. The van der Waals surface area contributed by atoms with Gasteiger partial charge in [0.15, 0.2) is 0 Å². The van der Waals surface area contributed by atoms with Gasteiger partial charge in [0.05, 0.1) is 12.2 Å². The van der Waals surface area contributed by atoms with Gasteiger partial charge in [0.1, 0.15) is 17.5 Å². The van der Waals surface area contributed by atoms with Crippen LogP contribution in [0.1, 0.15) is 35.6 Å². The molecule has 1 aromatic heterocycles. The van der Waals surface area contributed by atoms with E-state index in [0.29, 0.717) is 31.0 Å². The van der Waals surface area contributed by atoms with Gasteiger partial charge in [-0.2, -0.15) is 0 Å². The number of benzene rings is 1. The summed E-state index contributed by atoms with van der Waals surface area (Å²) in [5, 5.41) is 8.05. The monoisotopic (exact) mass is 300 g/mol. The van der Waals surface area contributed by atoms with Crippen LogP contribution in [0, 0.1) is 6.92 Å². The highest BCUT2D eigenvalue weighted by molar-refractivity contribution is 5.93. The van der Waals surface area contributed by atoms with Crippen molar-refractivity contribution in [2.75, 3.05) is 6.54 Å². The number of hydrogen-bond donors (Lipinski definition) is 0. The summed E-state index contributed by atoms with van der Waals surface area (Å²) in [4.78, 5) is 14.8. The van der Waals surface area contributed by atoms with Crippen LogP contribution in [0.2, 0.25) is 0 Å². The van der Waals surface area contributed by atoms with Crippen molar-refractivity contribution >= 4 is 5.91 Å². The Bertz CT molecular complexity index is 695. The van der Waals surface area contributed by atoms with Gasteiger partial charge in [-0.15, -0.1) is 5.10 Å². The van der Waals surface area contributed by atoms with Crippen molar-refractivity contribution in [1.29, 1.82) is 0 Å². The van der Waals surface area contributed by atoms with Crippen molar-refractivity contribution in [3.63, 3.8) is 0 Å². The summed E-state index contributed by atoms with van der Waals surface area (Å²) in [5.41, 5.74) is 2.25. The quantitative estimate of drug-likeness (QED) is 0.851. The maximum absolute atomic E-state index is 12.9. The summed E-state index contributed by atoms with van der Waals surface area (Å²) in [6.07, 6.45) is -0.0566. The van der Waals surface area contributed by atoms with Crippen LogP contribution in [0.4, 0.5) is 0 Å². The van der Waals surface area contributed by atoms with Gasteiger partial charge in [0, 0.05) is 18.7 Å². The molecule has 116 valence electrons. The first-order valence-corrected chi connectivity index (χ1v) is 7.54. The average Bonchev–Trinajstić information content (AvgIpc) is 2.78. The predicted molar refractivity (Wildman–Crippen MR) is 81.7 cm³/mol. The van der Waals surface area contributed by atoms with E-state index >= 15 is 0 Å².